The predicted molar refractivity (Wildman–Crippen MR) is 127 cm³/mol. The highest BCUT2D eigenvalue weighted by Gasteiger charge is 2.21. The van der Waals surface area contributed by atoms with Crippen LogP contribution in [-0.2, 0) is 34.5 Å². The van der Waals surface area contributed by atoms with E-state index >= 15 is 0 Å². The number of ether oxygens (including phenoxy) is 1. The molecule has 0 saturated carbocycles. The maximum atomic E-state index is 12.3. The maximum Gasteiger partial charge on any atom is 0.326 e. The van der Waals surface area contributed by atoms with Crippen LogP contribution in [0.2, 0.25) is 0 Å². The second kappa shape index (κ2) is 10.4. The van der Waals surface area contributed by atoms with E-state index in [4.69, 9.17) is 21.3 Å². The number of hydrogen-bond acceptors (Lipinski definition) is 5. The normalized spacial score (nSPS) is 14.0. The summed E-state index contributed by atoms with van der Waals surface area (Å²) in [5.74, 6) is -0.293. The maximum absolute atomic E-state index is 12.3. The minimum absolute atomic E-state index is 0.117. The highest BCUT2D eigenvalue weighted by Crippen LogP contribution is 2.60. The van der Waals surface area contributed by atoms with E-state index in [9.17, 15) is 4.79 Å². The van der Waals surface area contributed by atoms with Gasteiger partial charge in [0.2, 0.25) is 0 Å². The molecule has 0 aliphatic rings. The van der Waals surface area contributed by atoms with Gasteiger partial charge in [-0.2, -0.15) is 0 Å². The molecular weight excluding hydrogens is 439 g/mol. The molecule has 1 unspecified atom stereocenters. The fourth-order valence-corrected chi connectivity index (χ4v) is 10.7. The number of thiazole rings is 1. The summed E-state index contributed by atoms with van der Waals surface area (Å²) >= 11 is 9.28. The third kappa shape index (κ3) is 6.41. The summed E-state index contributed by atoms with van der Waals surface area (Å²) in [5.41, 5.74) is 0.967. The zero-order valence-corrected chi connectivity index (χ0v) is 19.6. The first-order chi connectivity index (χ1) is 14.0. The van der Waals surface area contributed by atoms with Gasteiger partial charge in [0.1, 0.15) is 18.5 Å². The van der Waals surface area contributed by atoms with Crippen LogP contribution in [0.1, 0.15) is 19.4 Å². The lowest BCUT2D eigenvalue weighted by Gasteiger charge is -2.19. The number of nitrogens with zero attached hydrogens (tertiary/aromatic N) is 2. The molecule has 0 spiro atoms. The molecule has 3 aromatic rings. The summed E-state index contributed by atoms with van der Waals surface area (Å²) in [5, 5.41) is 1.11. The van der Waals surface area contributed by atoms with E-state index in [2.05, 4.69) is 13.8 Å². The molecule has 0 N–H and O–H groups in total. The third-order valence-corrected chi connectivity index (χ3v) is 11.5. The van der Waals surface area contributed by atoms with Crippen molar-refractivity contribution < 1.29 is 9.53 Å². The Morgan fingerprint density at radius 2 is 1.83 bits per heavy atom. The molecule has 0 radical (unpaired) electrons. The number of carbonyl (C=O) groups excluding carboxylic acids is 1. The average Bonchev–Trinajstić information content (AvgIpc) is 3.13. The molecule has 1 atom stereocenters. The van der Waals surface area contributed by atoms with E-state index in [1.807, 2.05) is 76.8 Å². The van der Waals surface area contributed by atoms with Crippen molar-refractivity contribution in [2.45, 2.75) is 32.2 Å². The zero-order chi connectivity index (χ0) is 20.7. The molecule has 1 heterocycles. The van der Waals surface area contributed by atoms with Gasteiger partial charge in [-0.05, 0) is 5.56 Å². The number of rotatable bonds is 8. The highest BCUT2D eigenvalue weighted by atomic mass is 32.9. The lowest BCUT2D eigenvalue weighted by atomic mass is 10.2. The summed E-state index contributed by atoms with van der Waals surface area (Å²) in [6.07, 6.45) is 1.86. The van der Waals surface area contributed by atoms with Crippen LogP contribution >= 0.6 is 28.1 Å². The van der Waals surface area contributed by atoms with E-state index in [1.54, 1.807) is 11.4 Å². The Balaban J connectivity index is 1.80. The van der Waals surface area contributed by atoms with Crippen LogP contribution in [0, 0.1) is 0 Å². The molecule has 1 aromatic heterocycles. The Morgan fingerprint density at radius 3 is 2.48 bits per heavy atom. The van der Waals surface area contributed by atoms with Crippen molar-refractivity contribution in [3.8, 4) is 0 Å². The molecular formula is C21H23N2O2PS3. The van der Waals surface area contributed by atoms with Gasteiger partial charge in [0, 0.05) is 22.1 Å². The van der Waals surface area contributed by atoms with Crippen LogP contribution in [0.4, 0.5) is 0 Å². The minimum atomic E-state index is -2.24. The van der Waals surface area contributed by atoms with E-state index in [0.717, 1.165) is 15.7 Å². The number of esters is 1. The first-order valence-corrected chi connectivity index (χ1v) is 14.3. The lowest BCUT2D eigenvalue weighted by Crippen LogP contribution is -2.21. The lowest BCUT2D eigenvalue weighted by molar-refractivity contribution is -0.145. The van der Waals surface area contributed by atoms with Gasteiger partial charge in [0.15, 0.2) is 4.80 Å². The van der Waals surface area contributed by atoms with Crippen LogP contribution < -0.4 is 10.1 Å². The van der Waals surface area contributed by atoms with Gasteiger partial charge in [-0.25, -0.2) is 4.76 Å². The fourth-order valence-electron chi connectivity index (χ4n) is 2.58. The molecule has 0 aliphatic carbocycles. The van der Waals surface area contributed by atoms with Crippen LogP contribution in [-0.4, -0.2) is 15.8 Å². The van der Waals surface area contributed by atoms with E-state index in [1.165, 1.54) is 11.3 Å². The Bertz CT molecular complexity index is 1050. The van der Waals surface area contributed by atoms with Gasteiger partial charge < -0.3 is 9.30 Å². The van der Waals surface area contributed by atoms with Crippen molar-refractivity contribution in [3.63, 3.8) is 0 Å². The van der Waals surface area contributed by atoms with Crippen molar-refractivity contribution in [1.29, 1.82) is 0 Å². The summed E-state index contributed by atoms with van der Waals surface area (Å²) in [7, 11) is 0. The molecule has 29 heavy (non-hydrogen) atoms. The van der Waals surface area contributed by atoms with Crippen molar-refractivity contribution in [3.05, 3.63) is 82.6 Å². The second-order valence-corrected chi connectivity index (χ2v) is 14.9. The number of aromatic nitrogens is 1. The zero-order valence-electron chi connectivity index (χ0n) is 16.3. The Hall–Kier alpha value is -1.66. The van der Waals surface area contributed by atoms with Crippen LogP contribution in [0.15, 0.2) is 77.0 Å². The Labute approximate surface area is 184 Å². The first-order valence-electron chi connectivity index (χ1n) is 9.20. The monoisotopic (exact) mass is 462 g/mol. The van der Waals surface area contributed by atoms with Gasteiger partial charge >= 0.3 is 5.97 Å². The molecule has 0 aliphatic heterocycles. The summed E-state index contributed by atoms with van der Waals surface area (Å²) < 4.78 is 12.2. The minimum Gasteiger partial charge on any atom is -0.459 e. The summed E-state index contributed by atoms with van der Waals surface area (Å²) in [4.78, 5) is 13.1. The van der Waals surface area contributed by atoms with E-state index < -0.39 is 5.39 Å². The molecule has 8 heteroatoms. The van der Waals surface area contributed by atoms with Crippen LogP contribution in [0.3, 0.4) is 0 Å². The van der Waals surface area contributed by atoms with Gasteiger partial charge in [0.25, 0.3) is 0 Å². The van der Waals surface area contributed by atoms with Gasteiger partial charge in [-0.1, -0.05) is 97.7 Å². The van der Waals surface area contributed by atoms with Crippen molar-refractivity contribution >= 4 is 51.2 Å². The third-order valence-electron chi connectivity index (χ3n) is 3.86. The predicted octanol–water partition coefficient (Wildman–Crippen LogP) is 4.97. The Kier molecular flexibility index (Phi) is 7.90. The molecule has 4 nitrogen and oxygen atoms in total. The second-order valence-electron chi connectivity index (χ2n) is 6.57. The molecule has 0 saturated heterocycles. The molecule has 2 aromatic carbocycles. The highest BCUT2D eigenvalue weighted by molar-refractivity contribution is 8.72. The number of carbonyl (C=O) groups is 1. The van der Waals surface area contributed by atoms with Crippen molar-refractivity contribution in [2.75, 3.05) is 0 Å². The van der Waals surface area contributed by atoms with Crippen LogP contribution in [0.5, 0.6) is 0 Å². The molecule has 0 bridgehead atoms. The van der Waals surface area contributed by atoms with Gasteiger partial charge in [-0.15, -0.1) is 11.3 Å². The standard InChI is InChI=1S/C21H23N2O2PS3/c1-17(2)29-26(27,19-11-7-4-8-12-19)22-21-23(13-14-28-21)15-20(24)25-16-18-9-5-3-6-10-18/h3-14,17H,15-16H2,1-2H3/b22-21-. The van der Waals surface area contributed by atoms with Crippen molar-refractivity contribution in [2.24, 2.45) is 4.76 Å². The molecule has 0 fully saturated rings. The molecule has 152 valence electrons. The van der Waals surface area contributed by atoms with Crippen LogP contribution in [0.25, 0.3) is 0 Å². The summed E-state index contributed by atoms with van der Waals surface area (Å²) in [6, 6.07) is 19.7. The SMILES string of the molecule is CC(C)SP(=S)(/N=c1\sccn1CC(=O)OCc1ccccc1)c1ccccc1. The smallest absolute Gasteiger partial charge is 0.326 e. The average molecular weight is 463 g/mol. The number of benzene rings is 2. The van der Waals surface area contributed by atoms with E-state index in [-0.39, 0.29) is 19.1 Å². The molecule has 3 rings (SSSR count). The van der Waals surface area contributed by atoms with Gasteiger partial charge in [0.05, 0.1) is 0 Å². The first kappa shape index (κ1) is 22.0. The van der Waals surface area contributed by atoms with E-state index in [0.29, 0.717) is 5.25 Å². The molecule has 0 amide bonds. The topological polar surface area (TPSA) is 43.6 Å². The number of hydrogen-bond donors (Lipinski definition) is 0. The van der Waals surface area contributed by atoms with Crippen molar-refractivity contribution in [1.82, 2.24) is 4.57 Å². The quantitative estimate of drug-likeness (QED) is 0.350. The fraction of sp³-hybridized carbons (Fsp3) is 0.238. The largest absolute Gasteiger partial charge is 0.459 e. The summed E-state index contributed by atoms with van der Waals surface area (Å²) in [6.45, 7) is 4.65. The van der Waals surface area contributed by atoms with Gasteiger partial charge in [-0.3, -0.25) is 4.79 Å². The Morgan fingerprint density at radius 1 is 1.17 bits per heavy atom.